The van der Waals surface area contributed by atoms with Crippen LogP contribution < -0.4 is 5.73 Å². The van der Waals surface area contributed by atoms with E-state index in [-0.39, 0.29) is 17.5 Å². The van der Waals surface area contributed by atoms with Crippen LogP contribution in [0, 0.1) is 0 Å². The number of hydrogen-bond acceptors (Lipinski definition) is 5. The van der Waals surface area contributed by atoms with Gasteiger partial charge in [-0.2, -0.15) is 0 Å². The molecule has 1 saturated heterocycles. The van der Waals surface area contributed by atoms with Crippen LogP contribution in [0.2, 0.25) is 0 Å². The van der Waals surface area contributed by atoms with Crippen LogP contribution in [0.15, 0.2) is 0 Å². The topological polar surface area (TPSA) is 66.6 Å². The van der Waals surface area contributed by atoms with E-state index < -0.39 is 9.84 Å². The molecule has 0 spiro atoms. The fraction of sp³-hybridized carbons (Fsp3) is 1.00. The summed E-state index contributed by atoms with van der Waals surface area (Å²) in [6.45, 7) is 6.54. The normalized spacial score (nSPS) is 21.6. The number of hydrogen-bond donors (Lipinski definition) is 1. The van der Waals surface area contributed by atoms with Crippen LogP contribution >= 0.6 is 0 Å². The van der Waals surface area contributed by atoms with Crippen LogP contribution in [0.1, 0.15) is 13.3 Å². The lowest BCUT2D eigenvalue weighted by Crippen LogP contribution is -2.46. The van der Waals surface area contributed by atoms with Gasteiger partial charge in [-0.25, -0.2) is 8.42 Å². The summed E-state index contributed by atoms with van der Waals surface area (Å²) < 4.78 is 23.6. The molecule has 1 aliphatic rings. The summed E-state index contributed by atoms with van der Waals surface area (Å²) in [5, 5.41) is 0. The first-order valence-corrected chi connectivity index (χ1v) is 8.12. The third kappa shape index (κ3) is 5.81. The van der Waals surface area contributed by atoms with Gasteiger partial charge >= 0.3 is 0 Å². The van der Waals surface area contributed by atoms with E-state index in [1.54, 1.807) is 0 Å². The molecule has 17 heavy (non-hydrogen) atoms. The predicted molar refractivity (Wildman–Crippen MR) is 70.9 cm³/mol. The van der Waals surface area contributed by atoms with E-state index in [9.17, 15) is 8.42 Å². The van der Waals surface area contributed by atoms with Crippen LogP contribution in [0.25, 0.3) is 0 Å². The molecule has 2 N–H and O–H groups in total. The Morgan fingerprint density at radius 1 is 1.24 bits per heavy atom. The van der Waals surface area contributed by atoms with Gasteiger partial charge in [-0.15, -0.1) is 0 Å². The lowest BCUT2D eigenvalue weighted by Gasteiger charge is -2.32. The minimum atomic E-state index is -2.99. The van der Waals surface area contributed by atoms with Gasteiger partial charge in [0.15, 0.2) is 9.84 Å². The Kier molecular flexibility index (Phi) is 5.85. The van der Waals surface area contributed by atoms with Gasteiger partial charge in [0.25, 0.3) is 0 Å². The zero-order chi connectivity index (χ0) is 12.9. The van der Waals surface area contributed by atoms with E-state index in [1.165, 1.54) is 0 Å². The SMILES string of the molecule is CCC(N)CS(=O)(=O)CCN1CCN(C)CC1. The Labute approximate surface area is 105 Å². The van der Waals surface area contributed by atoms with Crippen LogP contribution in [-0.4, -0.2) is 75.5 Å². The van der Waals surface area contributed by atoms with Crippen molar-refractivity contribution >= 4 is 9.84 Å². The lowest BCUT2D eigenvalue weighted by molar-refractivity contribution is 0.161. The average molecular weight is 263 g/mol. The third-order valence-corrected chi connectivity index (χ3v) is 5.05. The van der Waals surface area contributed by atoms with Crippen molar-refractivity contribution in [2.45, 2.75) is 19.4 Å². The van der Waals surface area contributed by atoms with Crippen LogP contribution in [0.4, 0.5) is 0 Å². The molecule has 1 unspecified atom stereocenters. The predicted octanol–water partition coefficient (Wildman–Crippen LogP) is -0.614. The number of nitrogens with zero attached hydrogens (tertiary/aromatic N) is 2. The Morgan fingerprint density at radius 2 is 1.82 bits per heavy atom. The van der Waals surface area contributed by atoms with Gasteiger partial charge in [0, 0.05) is 38.8 Å². The van der Waals surface area contributed by atoms with Crippen molar-refractivity contribution in [1.82, 2.24) is 9.80 Å². The Morgan fingerprint density at radius 3 is 2.35 bits per heavy atom. The fourth-order valence-electron chi connectivity index (χ4n) is 1.87. The molecule has 6 heteroatoms. The van der Waals surface area contributed by atoms with E-state index >= 15 is 0 Å². The maximum atomic E-state index is 11.8. The molecule has 0 aliphatic carbocycles. The van der Waals surface area contributed by atoms with Crippen molar-refractivity contribution < 1.29 is 8.42 Å². The molecule has 0 bridgehead atoms. The smallest absolute Gasteiger partial charge is 0.153 e. The minimum Gasteiger partial charge on any atom is -0.327 e. The van der Waals surface area contributed by atoms with Crippen molar-refractivity contribution in [3.8, 4) is 0 Å². The molecular formula is C11H25N3O2S. The second kappa shape index (κ2) is 6.68. The molecule has 0 aromatic carbocycles. The molecule has 1 aliphatic heterocycles. The Bertz CT molecular complexity index is 311. The third-order valence-electron chi connectivity index (χ3n) is 3.31. The highest BCUT2D eigenvalue weighted by atomic mass is 32.2. The summed E-state index contributed by atoms with van der Waals surface area (Å²) in [5.74, 6) is 0.363. The monoisotopic (exact) mass is 263 g/mol. The average Bonchev–Trinajstić information content (AvgIpc) is 2.28. The highest BCUT2D eigenvalue weighted by Crippen LogP contribution is 2.02. The van der Waals surface area contributed by atoms with Gasteiger partial charge < -0.3 is 10.6 Å². The number of nitrogens with two attached hydrogens (primary N) is 1. The molecule has 102 valence electrons. The van der Waals surface area contributed by atoms with E-state index in [0.717, 1.165) is 26.2 Å². The number of piperazine rings is 1. The summed E-state index contributed by atoms with van der Waals surface area (Å²) in [4.78, 5) is 4.48. The maximum absolute atomic E-state index is 11.8. The van der Waals surface area contributed by atoms with Gasteiger partial charge in [0.1, 0.15) is 0 Å². The zero-order valence-corrected chi connectivity index (χ0v) is 11.7. The second-order valence-electron chi connectivity index (χ2n) is 4.93. The zero-order valence-electron chi connectivity index (χ0n) is 10.9. The second-order valence-corrected chi connectivity index (χ2v) is 7.16. The molecule has 1 heterocycles. The van der Waals surface area contributed by atoms with Crippen molar-refractivity contribution in [1.29, 1.82) is 0 Å². The van der Waals surface area contributed by atoms with Crippen molar-refractivity contribution in [3.63, 3.8) is 0 Å². The van der Waals surface area contributed by atoms with Crippen molar-refractivity contribution in [3.05, 3.63) is 0 Å². The molecule has 0 aromatic heterocycles. The molecule has 0 radical (unpaired) electrons. The first-order chi connectivity index (χ1) is 7.93. The molecule has 0 aromatic rings. The summed E-state index contributed by atoms with van der Waals surface area (Å²) >= 11 is 0. The Balaban J connectivity index is 2.29. The molecule has 5 nitrogen and oxygen atoms in total. The Hall–Kier alpha value is -0.170. The first-order valence-electron chi connectivity index (χ1n) is 6.30. The van der Waals surface area contributed by atoms with Gasteiger partial charge in [-0.3, -0.25) is 4.90 Å². The highest BCUT2D eigenvalue weighted by molar-refractivity contribution is 7.91. The van der Waals surface area contributed by atoms with E-state index in [1.807, 2.05) is 6.92 Å². The number of likely N-dealkylation sites (N-methyl/N-ethyl adjacent to an activating group) is 1. The largest absolute Gasteiger partial charge is 0.327 e. The van der Waals surface area contributed by atoms with Gasteiger partial charge in [-0.05, 0) is 13.5 Å². The quantitative estimate of drug-likeness (QED) is 0.692. The molecule has 0 saturated carbocycles. The minimum absolute atomic E-state index is 0.122. The summed E-state index contributed by atoms with van der Waals surface area (Å²) in [7, 11) is -0.894. The number of sulfone groups is 1. The number of rotatable bonds is 6. The summed E-state index contributed by atoms with van der Waals surface area (Å²) in [6.07, 6.45) is 0.716. The van der Waals surface area contributed by atoms with Gasteiger partial charge in [-0.1, -0.05) is 6.92 Å². The fourth-order valence-corrected chi connectivity index (χ4v) is 3.46. The van der Waals surface area contributed by atoms with E-state index in [4.69, 9.17) is 5.73 Å². The van der Waals surface area contributed by atoms with Crippen molar-refractivity contribution in [2.75, 3.05) is 51.3 Å². The van der Waals surface area contributed by atoms with Gasteiger partial charge in [0.05, 0.1) is 11.5 Å². The summed E-state index contributed by atoms with van der Waals surface area (Å²) in [6, 6.07) is -0.215. The van der Waals surface area contributed by atoms with Gasteiger partial charge in [0.2, 0.25) is 0 Å². The van der Waals surface area contributed by atoms with Crippen LogP contribution in [0.5, 0.6) is 0 Å². The molecule has 1 fully saturated rings. The van der Waals surface area contributed by atoms with Crippen LogP contribution in [0.3, 0.4) is 0 Å². The maximum Gasteiger partial charge on any atom is 0.153 e. The van der Waals surface area contributed by atoms with E-state index in [0.29, 0.717) is 13.0 Å². The highest BCUT2D eigenvalue weighted by Gasteiger charge is 2.19. The first kappa shape index (κ1) is 14.9. The van der Waals surface area contributed by atoms with Crippen molar-refractivity contribution in [2.24, 2.45) is 5.73 Å². The molecule has 1 rings (SSSR count). The van der Waals surface area contributed by atoms with E-state index in [2.05, 4.69) is 16.8 Å². The molecule has 0 amide bonds. The van der Waals surface area contributed by atoms with Crippen LogP contribution in [-0.2, 0) is 9.84 Å². The molecular weight excluding hydrogens is 238 g/mol. The summed E-state index contributed by atoms with van der Waals surface area (Å²) in [5.41, 5.74) is 5.69. The standard InChI is InChI=1S/C11H25N3O2S/c1-3-11(12)10-17(15,16)9-8-14-6-4-13(2)5-7-14/h11H,3-10,12H2,1-2H3. The lowest BCUT2D eigenvalue weighted by atomic mass is 10.3. The molecule has 1 atom stereocenters.